The number of ether oxygens (including phenoxy) is 1. The third kappa shape index (κ3) is 3.79. The normalized spacial score (nSPS) is 14.6. The number of nitrogen functional groups attached to an aromatic ring is 1. The summed E-state index contributed by atoms with van der Waals surface area (Å²) in [5, 5.41) is 0. The molecule has 0 atom stereocenters. The van der Waals surface area contributed by atoms with Crippen molar-refractivity contribution in [1.29, 1.82) is 0 Å². The van der Waals surface area contributed by atoms with E-state index in [-0.39, 0.29) is 0 Å². The summed E-state index contributed by atoms with van der Waals surface area (Å²) in [7, 11) is 1.97. The number of anilines is 2. The molecule has 0 radical (unpaired) electrons. The summed E-state index contributed by atoms with van der Waals surface area (Å²) in [6.45, 7) is 2.37. The van der Waals surface area contributed by atoms with Crippen molar-refractivity contribution in [2.75, 3.05) is 37.1 Å². The Morgan fingerprint density at radius 2 is 2.39 bits per heavy atom. The van der Waals surface area contributed by atoms with Crippen LogP contribution in [0.15, 0.2) is 10.7 Å². The van der Waals surface area contributed by atoms with Gasteiger partial charge in [0.05, 0.1) is 11.1 Å². The Morgan fingerprint density at radius 3 is 3.06 bits per heavy atom. The van der Waals surface area contributed by atoms with Crippen LogP contribution in [0.4, 0.5) is 11.8 Å². The quantitative estimate of drug-likeness (QED) is 0.450. The number of halogens is 1. The highest BCUT2D eigenvalue weighted by atomic mass is 79.9. The van der Waals surface area contributed by atoms with E-state index < -0.39 is 0 Å². The second kappa shape index (κ2) is 6.31. The Morgan fingerprint density at radius 1 is 1.61 bits per heavy atom. The lowest BCUT2D eigenvalue weighted by Gasteiger charge is -2.19. The van der Waals surface area contributed by atoms with Gasteiger partial charge in [-0.05, 0) is 34.7 Å². The van der Waals surface area contributed by atoms with Crippen molar-refractivity contribution in [1.82, 2.24) is 9.97 Å². The zero-order valence-electron chi connectivity index (χ0n) is 10.4. The first-order valence-corrected chi connectivity index (χ1v) is 6.78. The van der Waals surface area contributed by atoms with E-state index in [1.165, 1.54) is 12.8 Å². The van der Waals surface area contributed by atoms with Gasteiger partial charge in [-0.2, -0.15) is 4.98 Å². The Kier molecular flexibility index (Phi) is 4.73. The number of nitrogens with zero attached hydrogens (tertiary/aromatic N) is 3. The van der Waals surface area contributed by atoms with Crippen LogP contribution in [0.3, 0.4) is 0 Å². The molecule has 3 N–H and O–H groups in total. The molecule has 1 aliphatic carbocycles. The second-order valence-electron chi connectivity index (χ2n) is 4.45. The standard InChI is InChI=1S/C11H18BrN5O/c1-17(4-5-18-7-8-2-3-8)10-9(12)6-14-11(15-10)16-13/h6,8H,2-5,7,13H2,1H3,(H,14,15,16). The predicted molar refractivity (Wildman–Crippen MR) is 74.4 cm³/mol. The predicted octanol–water partition coefficient (Wildman–Crippen LogP) is 1.39. The second-order valence-corrected chi connectivity index (χ2v) is 5.30. The third-order valence-corrected chi connectivity index (χ3v) is 3.40. The molecule has 0 aromatic carbocycles. The van der Waals surface area contributed by atoms with Crippen LogP contribution in [0, 0.1) is 5.92 Å². The van der Waals surface area contributed by atoms with Crippen LogP contribution in [0.1, 0.15) is 12.8 Å². The van der Waals surface area contributed by atoms with Gasteiger partial charge in [-0.25, -0.2) is 10.8 Å². The first kappa shape index (κ1) is 13.5. The molecule has 0 unspecified atom stereocenters. The SMILES string of the molecule is CN(CCOCC1CC1)c1nc(NN)ncc1Br. The van der Waals surface area contributed by atoms with Gasteiger partial charge >= 0.3 is 0 Å². The molecule has 0 bridgehead atoms. The molecule has 0 spiro atoms. The maximum atomic E-state index is 5.61. The van der Waals surface area contributed by atoms with Crippen molar-refractivity contribution < 1.29 is 4.74 Å². The van der Waals surface area contributed by atoms with Gasteiger partial charge in [-0.1, -0.05) is 0 Å². The first-order chi connectivity index (χ1) is 8.70. The van der Waals surface area contributed by atoms with Crippen LogP contribution in [0.5, 0.6) is 0 Å². The van der Waals surface area contributed by atoms with Crippen molar-refractivity contribution >= 4 is 27.7 Å². The van der Waals surface area contributed by atoms with Gasteiger partial charge in [0, 0.05) is 26.4 Å². The number of aromatic nitrogens is 2. The lowest BCUT2D eigenvalue weighted by Crippen LogP contribution is -2.25. The minimum Gasteiger partial charge on any atom is -0.379 e. The molecule has 100 valence electrons. The van der Waals surface area contributed by atoms with Crippen LogP contribution in [0.25, 0.3) is 0 Å². The Bertz CT molecular complexity index is 399. The molecule has 1 aromatic heterocycles. The third-order valence-electron chi connectivity index (χ3n) is 2.84. The molecular weight excluding hydrogens is 298 g/mol. The summed E-state index contributed by atoms with van der Waals surface area (Å²) in [6, 6.07) is 0. The Balaban J connectivity index is 1.84. The first-order valence-electron chi connectivity index (χ1n) is 5.98. The lowest BCUT2D eigenvalue weighted by atomic mass is 10.4. The van der Waals surface area contributed by atoms with Gasteiger partial charge in [-0.15, -0.1) is 0 Å². The fourth-order valence-electron chi connectivity index (χ4n) is 1.54. The largest absolute Gasteiger partial charge is 0.379 e. The van der Waals surface area contributed by atoms with Gasteiger partial charge in [0.1, 0.15) is 5.82 Å². The van der Waals surface area contributed by atoms with Gasteiger partial charge in [0.2, 0.25) is 5.95 Å². The average Bonchev–Trinajstić information content (AvgIpc) is 3.19. The topological polar surface area (TPSA) is 76.3 Å². The Hall–Kier alpha value is -0.920. The van der Waals surface area contributed by atoms with Gasteiger partial charge in [-0.3, -0.25) is 5.43 Å². The summed E-state index contributed by atoms with van der Waals surface area (Å²) < 4.78 is 6.44. The van der Waals surface area contributed by atoms with Crippen molar-refractivity contribution in [3.05, 3.63) is 10.7 Å². The van der Waals surface area contributed by atoms with E-state index in [0.717, 1.165) is 29.4 Å². The fourth-order valence-corrected chi connectivity index (χ4v) is 2.03. The molecule has 7 heteroatoms. The minimum absolute atomic E-state index is 0.402. The number of nitrogens with two attached hydrogens (primary N) is 1. The summed E-state index contributed by atoms with van der Waals surface area (Å²) in [4.78, 5) is 10.3. The molecule has 1 heterocycles. The molecule has 1 fully saturated rings. The van der Waals surface area contributed by atoms with Crippen LogP contribution in [0.2, 0.25) is 0 Å². The summed E-state index contributed by atoms with van der Waals surface area (Å²) in [5.41, 5.74) is 2.44. The van der Waals surface area contributed by atoms with Crippen LogP contribution in [-0.2, 0) is 4.74 Å². The van der Waals surface area contributed by atoms with Crippen molar-refractivity contribution in [3.8, 4) is 0 Å². The van der Waals surface area contributed by atoms with E-state index in [1.54, 1.807) is 6.20 Å². The molecular formula is C11H18BrN5O. The van der Waals surface area contributed by atoms with E-state index in [0.29, 0.717) is 12.6 Å². The zero-order valence-corrected chi connectivity index (χ0v) is 12.0. The maximum Gasteiger partial charge on any atom is 0.239 e. The number of rotatable bonds is 7. The number of likely N-dealkylation sites (N-methyl/N-ethyl adjacent to an activating group) is 1. The molecule has 6 nitrogen and oxygen atoms in total. The molecule has 2 rings (SSSR count). The maximum absolute atomic E-state index is 5.61. The fraction of sp³-hybridized carbons (Fsp3) is 0.636. The molecule has 1 aromatic rings. The number of hydrogen-bond acceptors (Lipinski definition) is 6. The van der Waals surface area contributed by atoms with Crippen molar-refractivity contribution in [3.63, 3.8) is 0 Å². The highest BCUT2D eigenvalue weighted by molar-refractivity contribution is 9.10. The molecule has 18 heavy (non-hydrogen) atoms. The van der Waals surface area contributed by atoms with E-state index in [1.807, 2.05) is 11.9 Å². The smallest absolute Gasteiger partial charge is 0.239 e. The van der Waals surface area contributed by atoms with E-state index in [9.17, 15) is 0 Å². The number of hydrazine groups is 1. The molecule has 0 saturated heterocycles. The van der Waals surface area contributed by atoms with Gasteiger partial charge < -0.3 is 9.64 Å². The average molecular weight is 316 g/mol. The van der Waals surface area contributed by atoms with Crippen LogP contribution < -0.4 is 16.2 Å². The molecule has 0 aliphatic heterocycles. The summed E-state index contributed by atoms with van der Waals surface area (Å²) >= 11 is 3.43. The molecule has 1 aliphatic rings. The van der Waals surface area contributed by atoms with E-state index >= 15 is 0 Å². The highest BCUT2D eigenvalue weighted by Crippen LogP contribution is 2.28. The monoisotopic (exact) mass is 315 g/mol. The summed E-state index contributed by atoms with van der Waals surface area (Å²) in [6.07, 6.45) is 4.32. The van der Waals surface area contributed by atoms with Crippen LogP contribution in [-0.4, -0.2) is 36.8 Å². The molecule has 0 amide bonds. The van der Waals surface area contributed by atoms with Crippen molar-refractivity contribution in [2.24, 2.45) is 11.8 Å². The molecule has 1 saturated carbocycles. The van der Waals surface area contributed by atoms with Gasteiger partial charge in [0.15, 0.2) is 0 Å². The number of hydrogen-bond donors (Lipinski definition) is 2. The number of nitrogens with one attached hydrogen (secondary N) is 1. The van der Waals surface area contributed by atoms with Crippen LogP contribution >= 0.6 is 15.9 Å². The highest BCUT2D eigenvalue weighted by Gasteiger charge is 2.21. The van der Waals surface area contributed by atoms with Crippen molar-refractivity contribution in [2.45, 2.75) is 12.8 Å². The zero-order chi connectivity index (χ0) is 13.0. The lowest BCUT2D eigenvalue weighted by molar-refractivity contribution is 0.130. The van der Waals surface area contributed by atoms with Gasteiger partial charge in [0.25, 0.3) is 0 Å². The van der Waals surface area contributed by atoms with E-state index in [4.69, 9.17) is 10.6 Å². The minimum atomic E-state index is 0.402. The summed E-state index contributed by atoms with van der Waals surface area (Å²) in [5.74, 6) is 7.30. The van der Waals surface area contributed by atoms with E-state index in [2.05, 4.69) is 31.3 Å². The Labute approximate surface area is 115 Å².